The molecule has 2 heterocycles. The van der Waals surface area contributed by atoms with E-state index in [2.05, 4.69) is 20.1 Å². The molecule has 0 saturated heterocycles. The van der Waals surface area contributed by atoms with Crippen LogP contribution in [-0.2, 0) is 12.3 Å². The number of carbonyl (C=O) groups is 1. The van der Waals surface area contributed by atoms with E-state index >= 15 is 0 Å². The quantitative estimate of drug-likeness (QED) is 0.615. The summed E-state index contributed by atoms with van der Waals surface area (Å²) >= 11 is 1.16. The standard InChI is InChI=1S/C11H13N5O3S/c1-3-16-7(12-5-13-16)4-20-9-8(10(17)18)6(2)14-11(19)15-9/h5H,3-4H2,1-2H3,(H,17,18)(H,14,15,19). The van der Waals surface area contributed by atoms with Crippen LogP contribution in [0.5, 0.6) is 0 Å². The minimum atomic E-state index is -1.12. The first-order chi connectivity index (χ1) is 9.52. The van der Waals surface area contributed by atoms with Crippen LogP contribution >= 0.6 is 11.8 Å². The summed E-state index contributed by atoms with van der Waals surface area (Å²) in [6.07, 6.45) is 1.44. The van der Waals surface area contributed by atoms with Crippen LogP contribution in [0.25, 0.3) is 0 Å². The van der Waals surface area contributed by atoms with Crippen molar-refractivity contribution in [3.8, 4) is 0 Å². The van der Waals surface area contributed by atoms with Crippen LogP contribution in [0.3, 0.4) is 0 Å². The topological polar surface area (TPSA) is 114 Å². The molecule has 0 aromatic carbocycles. The van der Waals surface area contributed by atoms with Crippen molar-refractivity contribution in [1.82, 2.24) is 24.7 Å². The van der Waals surface area contributed by atoms with Crippen molar-refractivity contribution in [3.63, 3.8) is 0 Å². The number of thioether (sulfide) groups is 1. The van der Waals surface area contributed by atoms with E-state index in [4.69, 9.17) is 0 Å². The van der Waals surface area contributed by atoms with Gasteiger partial charge in [-0.1, -0.05) is 11.8 Å². The molecule has 0 radical (unpaired) electrons. The summed E-state index contributed by atoms with van der Waals surface area (Å²) in [5, 5.41) is 13.4. The Morgan fingerprint density at radius 2 is 2.30 bits per heavy atom. The van der Waals surface area contributed by atoms with Gasteiger partial charge in [0.25, 0.3) is 0 Å². The first kappa shape index (κ1) is 14.3. The van der Waals surface area contributed by atoms with Crippen molar-refractivity contribution in [1.29, 1.82) is 0 Å². The third-order valence-electron chi connectivity index (χ3n) is 2.63. The van der Waals surface area contributed by atoms with E-state index in [0.29, 0.717) is 18.1 Å². The second-order valence-corrected chi connectivity index (χ2v) is 4.90. The van der Waals surface area contributed by atoms with Gasteiger partial charge < -0.3 is 10.1 Å². The fourth-order valence-electron chi connectivity index (χ4n) is 1.71. The van der Waals surface area contributed by atoms with Gasteiger partial charge in [0, 0.05) is 12.2 Å². The van der Waals surface area contributed by atoms with E-state index in [1.807, 2.05) is 6.92 Å². The number of carboxylic acids is 1. The molecule has 0 amide bonds. The molecular formula is C11H13N5O3S. The van der Waals surface area contributed by atoms with E-state index in [-0.39, 0.29) is 16.3 Å². The molecule has 106 valence electrons. The maximum absolute atomic E-state index is 11.4. The molecule has 0 unspecified atom stereocenters. The molecule has 8 nitrogen and oxygen atoms in total. The van der Waals surface area contributed by atoms with Crippen LogP contribution in [0.2, 0.25) is 0 Å². The minimum absolute atomic E-state index is 0.0113. The molecule has 20 heavy (non-hydrogen) atoms. The maximum Gasteiger partial charge on any atom is 0.346 e. The average molecular weight is 295 g/mol. The summed E-state index contributed by atoms with van der Waals surface area (Å²) in [6, 6.07) is 0. The summed E-state index contributed by atoms with van der Waals surface area (Å²) in [5.74, 6) is -0.0245. The smallest absolute Gasteiger partial charge is 0.346 e. The highest BCUT2D eigenvalue weighted by atomic mass is 32.2. The summed E-state index contributed by atoms with van der Waals surface area (Å²) in [4.78, 5) is 32.8. The lowest BCUT2D eigenvalue weighted by atomic mass is 10.2. The lowest BCUT2D eigenvalue weighted by Gasteiger charge is -2.07. The van der Waals surface area contributed by atoms with E-state index in [0.717, 1.165) is 11.8 Å². The number of carboxylic acid groups (broad SMARTS) is 1. The van der Waals surface area contributed by atoms with Crippen molar-refractivity contribution in [3.05, 3.63) is 33.9 Å². The Morgan fingerprint density at radius 3 is 2.95 bits per heavy atom. The van der Waals surface area contributed by atoms with E-state index < -0.39 is 11.7 Å². The summed E-state index contributed by atoms with van der Waals surface area (Å²) < 4.78 is 1.70. The summed E-state index contributed by atoms with van der Waals surface area (Å²) in [7, 11) is 0. The third kappa shape index (κ3) is 2.87. The molecule has 0 aliphatic heterocycles. The molecule has 0 bridgehead atoms. The number of H-pyrrole nitrogens is 1. The van der Waals surface area contributed by atoms with Crippen LogP contribution in [0.4, 0.5) is 0 Å². The van der Waals surface area contributed by atoms with Crippen LogP contribution in [0, 0.1) is 6.92 Å². The molecule has 2 aromatic heterocycles. The van der Waals surface area contributed by atoms with Crippen LogP contribution in [-0.4, -0.2) is 35.8 Å². The van der Waals surface area contributed by atoms with Gasteiger partial charge in [0.15, 0.2) is 0 Å². The highest BCUT2D eigenvalue weighted by Gasteiger charge is 2.17. The summed E-state index contributed by atoms with van der Waals surface area (Å²) in [5.41, 5.74) is -0.263. The van der Waals surface area contributed by atoms with Crippen LogP contribution in [0.15, 0.2) is 16.1 Å². The minimum Gasteiger partial charge on any atom is -0.478 e. The second-order valence-electron chi connectivity index (χ2n) is 3.93. The molecule has 9 heteroatoms. The van der Waals surface area contributed by atoms with Gasteiger partial charge in [-0.2, -0.15) is 10.1 Å². The average Bonchev–Trinajstić information content (AvgIpc) is 2.82. The van der Waals surface area contributed by atoms with E-state index in [1.165, 1.54) is 13.3 Å². The van der Waals surface area contributed by atoms with Crippen molar-refractivity contribution in [2.24, 2.45) is 0 Å². The van der Waals surface area contributed by atoms with Gasteiger partial charge in [0.05, 0.1) is 5.75 Å². The van der Waals surface area contributed by atoms with E-state index in [9.17, 15) is 14.7 Å². The first-order valence-electron chi connectivity index (χ1n) is 5.86. The molecular weight excluding hydrogens is 282 g/mol. The molecule has 2 N–H and O–H groups in total. The number of aromatic carboxylic acids is 1. The predicted molar refractivity (Wildman–Crippen MR) is 71.8 cm³/mol. The van der Waals surface area contributed by atoms with Crippen LogP contribution in [0.1, 0.15) is 28.8 Å². The molecule has 2 aromatic rings. The third-order valence-corrected chi connectivity index (χ3v) is 3.60. The SMILES string of the molecule is CCn1ncnc1CSc1nc(=O)[nH]c(C)c1C(=O)O. The molecule has 0 spiro atoms. The Morgan fingerprint density at radius 1 is 1.55 bits per heavy atom. The maximum atomic E-state index is 11.4. The van der Waals surface area contributed by atoms with Crippen molar-refractivity contribution < 1.29 is 9.90 Å². The number of aryl methyl sites for hydroxylation is 2. The molecule has 0 aliphatic carbocycles. The largest absolute Gasteiger partial charge is 0.478 e. The molecule has 0 aliphatic rings. The first-order valence-corrected chi connectivity index (χ1v) is 6.85. The Labute approximate surface area is 118 Å². The zero-order valence-electron chi connectivity index (χ0n) is 11.0. The van der Waals surface area contributed by atoms with Gasteiger partial charge in [-0.15, -0.1) is 0 Å². The zero-order valence-corrected chi connectivity index (χ0v) is 11.8. The lowest BCUT2D eigenvalue weighted by Crippen LogP contribution is -2.18. The lowest BCUT2D eigenvalue weighted by molar-refractivity contribution is 0.0690. The second kappa shape index (κ2) is 5.87. The normalized spacial score (nSPS) is 10.7. The van der Waals surface area contributed by atoms with Crippen molar-refractivity contribution >= 4 is 17.7 Å². The number of aromatic amines is 1. The number of nitrogens with one attached hydrogen (secondary N) is 1. The number of hydrogen-bond donors (Lipinski definition) is 2. The van der Waals surface area contributed by atoms with Crippen molar-refractivity contribution in [2.75, 3.05) is 0 Å². The van der Waals surface area contributed by atoms with Gasteiger partial charge >= 0.3 is 11.7 Å². The Hall–Kier alpha value is -2.16. The Balaban J connectivity index is 2.29. The Bertz CT molecular complexity index is 694. The number of nitrogens with zero attached hydrogens (tertiary/aromatic N) is 4. The highest BCUT2D eigenvalue weighted by molar-refractivity contribution is 7.98. The fraction of sp³-hybridized carbons (Fsp3) is 0.364. The zero-order chi connectivity index (χ0) is 14.7. The monoisotopic (exact) mass is 295 g/mol. The van der Waals surface area contributed by atoms with Gasteiger partial charge in [-0.05, 0) is 13.8 Å². The van der Waals surface area contributed by atoms with Gasteiger partial charge in [-0.25, -0.2) is 19.3 Å². The van der Waals surface area contributed by atoms with Crippen molar-refractivity contribution in [2.45, 2.75) is 31.2 Å². The predicted octanol–water partition coefficient (Wildman–Crippen LogP) is 0.680. The van der Waals surface area contributed by atoms with Crippen LogP contribution < -0.4 is 5.69 Å². The van der Waals surface area contributed by atoms with Gasteiger partial charge in [0.1, 0.15) is 22.7 Å². The van der Waals surface area contributed by atoms with E-state index in [1.54, 1.807) is 4.68 Å². The molecule has 0 atom stereocenters. The Kier molecular flexibility index (Phi) is 4.18. The number of hydrogen-bond acceptors (Lipinski definition) is 6. The summed E-state index contributed by atoms with van der Waals surface area (Å²) in [6.45, 7) is 4.13. The number of aromatic nitrogens is 5. The molecule has 2 rings (SSSR count). The fourth-order valence-corrected chi connectivity index (χ4v) is 2.73. The van der Waals surface area contributed by atoms with Gasteiger partial charge in [0.2, 0.25) is 0 Å². The molecule has 0 fully saturated rings. The van der Waals surface area contributed by atoms with Gasteiger partial charge in [-0.3, -0.25) is 0 Å². The number of rotatable bonds is 5. The highest BCUT2D eigenvalue weighted by Crippen LogP contribution is 2.23. The molecule has 0 saturated carbocycles.